The molecule has 3 rings (SSSR count). The molecular weight excluding hydrogens is 310 g/mol. The molecule has 6 heteroatoms. The Kier molecular flexibility index (Phi) is 4.34. The van der Waals surface area contributed by atoms with E-state index >= 15 is 0 Å². The number of hydrogen-bond donors (Lipinski definition) is 2. The molecule has 2 amide bonds. The minimum Gasteiger partial charge on any atom is -0.370 e. The summed E-state index contributed by atoms with van der Waals surface area (Å²) in [5.74, 6) is -0.652. The number of nitrogens with zero attached hydrogens (tertiary/aromatic N) is 1. The van der Waals surface area contributed by atoms with Crippen molar-refractivity contribution in [2.24, 2.45) is 5.73 Å². The molecule has 1 aliphatic heterocycles. The summed E-state index contributed by atoms with van der Waals surface area (Å²) in [6.45, 7) is 3.82. The van der Waals surface area contributed by atoms with Gasteiger partial charge in [-0.1, -0.05) is 0 Å². The Morgan fingerprint density at radius 3 is 2.57 bits per heavy atom. The fourth-order valence-electron chi connectivity index (χ4n) is 2.81. The van der Waals surface area contributed by atoms with Crippen LogP contribution in [0.3, 0.4) is 0 Å². The van der Waals surface area contributed by atoms with Crippen molar-refractivity contribution >= 4 is 34.5 Å². The van der Waals surface area contributed by atoms with Gasteiger partial charge in [0.25, 0.3) is 5.91 Å². The molecule has 2 heterocycles. The van der Waals surface area contributed by atoms with Gasteiger partial charge in [-0.2, -0.15) is 0 Å². The number of nitrogens with one attached hydrogen (secondary N) is 1. The number of hydrogen-bond acceptors (Lipinski definition) is 4. The van der Waals surface area contributed by atoms with E-state index in [1.165, 1.54) is 11.3 Å². The average Bonchev–Trinajstić information content (AvgIpc) is 3.18. The van der Waals surface area contributed by atoms with E-state index < -0.39 is 5.91 Å². The quantitative estimate of drug-likeness (QED) is 0.905. The molecule has 0 aliphatic carbocycles. The van der Waals surface area contributed by atoms with Crippen LogP contribution in [0.15, 0.2) is 29.6 Å². The van der Waals surface area contributed by atoms with Crippen molar-refractivity contribution in [2.45, 2.75) is 19.8 Å². The third-order valence-electron chi connectivity index (χ3n) is 4.04. The maximum atomic E-state index is 12.5. The minimum absolute atomic E-state index is 0.153. The van der Waals surface area contributed by atoms with Gasteiger partial charge in [-0.15, -0.1) is 11.3 Å². The molecule has 3 N–H and O–H groups in total. The first-order valence-corrected chi connectivity index (χ1v) is 8.48. The number of nitrogens with two attached hydrogens (primary N) is 1. The molecule has 1 aliphatic rings. The number of benzene rings is 1. The first-order valence-electron chi connectivity index (χ1n) is 7.60. The molecule has 23 heavy (non-hydrogen) atoms. The minimum atomic E-state index is -0.499. The van der Waals surface area contributed by atoms with Crippen molar-refractivity contribution in [3.05, 3.63) is 45.6 Å². The Hall–Kier alpha value is -2.34. The predicted octanol–water partition coefficient (Wildman–Crippen LogP) is 3.01. The van der Waals surface area contributed by atoms with Crippen molar-refractivity contribution in [3.63, 3.8) is 0 Å². The highest BCUT2D eigenvalue weighted by Gasteiger charge is 2.19. The zero-order valence-electron chi connectivity index (χ0n) is 13.0. The van der Waals surface area contributed by atoms with Crippen molar-refractivity contribution in [2.75, 3.05) is 23.3 Å². The smallest absolute Gasteiger partial charge is 0.266 e. The first-order chi connectivity index (χ1) is 11.1. The Morgan fingerprint density at radius 1 is 1.22 bits per heavy atom. The second-order valence-electron chi connectivity index (χ2n) is 5.68. The lowest BCUT2D eigenvalue weighted by molar-refractivity contribution is 0.0996. The number of amides is 2. The Balaban J connectivity index is 1.94. The van der Waals surface area contributed by atoms with Crippen LogP contribution < -0.4 is 16.0 Å². The molecule has 0 spiro atoms. The van der Waals surface area contributed by atoms with Crippen LogP contribution in [0.5, 0.6) is 0 Å². The van der Waals surface area contributed by atoms with Gasteiger partial charge in [0, 0.05) is 18.7 Å². The van der Waals surface area contributed by atoms with Gasteiger partial charge in [0.15, 0.2) is 0 Å². The average molecular weight is 329 g/mol. The zero-order valence-corrected chi connectivity index (χ0v) is 13.8. The van der Waals surface area contributed by atoms with E-state index in [1.807, 2.05) is 24.4 Å². The molecule has 1 aromatic heterocycles. The third kappa shape index (κ3) is 3.22. The van der Waals surface area contributed by atoms with Crippen LogP contribution in [0.2, 0.25) is 0 Å². The molecule has 120 valence electrons. The molecule has 1 aromatic carbocycles. The number of thiophene rings is 1. The van der Waals surface area contributed by atoms with E-state index in [1.54, 1.807) is 12.1 Å². The number of carbonyl (C=O) groups is 2. The largest absolute Gasteiger partial charge is 0.370 e. The molecule has 5 nitrogen and oxygen atoms in total. The summed E-state index contributed by atoms with van der Waals surface area (Å²) >= 11 is 1.41. The summed E-state index contributed by atoms with van der Waals surface area (Å²) in [5.41, 5.74) is 8.29. The standard InChI is InChI=1S/C17H19N3O2S/c1-11-6-9-23-15(11)17(22)19-13-10-12(16(18)21)4-5-14(13)20-7-2-3-8-20/h4-6,9-10H,2-3,7-8H2,1H3,(H2,18,21)(H,19,22). The van der Waals surface area contributed by atoms with Crippen LogP contribution in [-0.2, 0) is 0 Å². The van der Waals surface area contributed by atoms with Gasteiger partial charge in [0.2, 0.25) is 5.91 Å². The summed E-state index contributed by atoms with van der Waals surface area (Å²) in [6, 6.07) is 7.15. The summed E-state index contributed by atoms with van der Waals surface area (Å²) < 4.78 is 0. The Bertz CT molecular complexity index is 748. The lowest BCUT2D eigenvalue weighted by Crippen LogP contribution is -2.22. The first kappa shape index (κ1) is 15.6. The van der Waals surface area contributed by atoms with Crippen molar-refractivity contribution in [1.29, 1.82) is 0 Å². The maximum absolute atomic E-state index is 12.5. The van der Waals surface area contributed by atoms with Crippen molar-refractivity contribution < 1.29 is 9.59 Å². The van der Waals surface area contributed by atoms with Gasteiger partial charge in [-0.3, -0.25) is 9.59 Å². The normalized spacial score (nSPS) is 14.0. The van der Waals surface area contributed by atoms with Crippen LogP contribution in [0.4, 0.5) is 11.4 Å². The highest BCUT2D eigenvalue weighted by molar-refractivity contribution is 7.12. The molecule has 1 saturated heterocycles. The highest BCUT2D eigenvalue weighted by atomic mass is 32.1. The molecule has 2 aromatic rings. The van der Waals surface area contributed by atoms with E-state index in [0.717, 1.165) is 37.2 Å². The van der Waals surface area contributed by atoms with E-state index in [9.17, 15) is 9.59 Å². The molecule has 1 fully saturated rings. The van der Waals surface area contributed by atoms with Crippen LogP contribution in [0.1, 0.15) is 38.4 Å². The van der Waals surface area contributed by atoms with Crippen LogP contribution in [-0.4, -0.2) is 24.9 Å². The fraction of sp³-hybridized carbons (Fsp3) is 0.294. The van der Waals surface area contributed by atoms with Gasteiger partial charge in [-0.05, 0) is 55.0 Å². The monoisotopic (exact) mass is 329 g/mol. The SMILES string of the molecule is Cc1ccsc1C(=O)Nc1cc(C(N)=O)ccc1N1CCCC1. The summed E-state index contributed by atoms with van der Waals surface area (Å²) in [5, 5.41) is 4.84. The third-order valence-corrected chi connectivity index (χ3v) is 5.06. The van der Waals surface area contributed by atoms with Gasteiger partial charge in [0.05, 0.1) is 16.3 Å². The number of anilines is 2. The zero-order chi connectivity index (χ0) is 16.4. The molecule has 0 saturated carbocycles. The number of rotatable bonds is 4. The van der Waals surface area contributed by atoms with E-state index in [-0.39, 0.29) is 5.91 Å². The number of aryl methyl sites for hydroxylation is 1. The number of carbonyl (C=O) groups excluding carboxylic acids is 2. The molecule has 0 atom stereocenters. The maximum Gasteiger partial charge on any atom is 0.266 e. The van der Waals surface area contributed by atoms with Crippen molar-refractivity contribution in [1.82, 2.24) is 0 Å². The molecule has 0 unspecified atom stereocenters. The van der Waals surface area contributed by atoms with Gasteiger partial charge in [-0.25, -0.2) is 0 Å². The van der Waals surface area contributed by atoms with E-state index in [2.05, 4.69) is 10.2 Å². The Labute approximate surface area is 139 Å². The lowest BCUT2D eigenvalue weighted by Gasteiger charge is -2.22. The highest BCUT2D eigenvalue weighted by Crippen LogP contribution is 2.31. The van der Waals surface area contributed by atoms with E-state index in [0.29, 0.717) is 16.1 Å². The molecule has 0 bridgehead atoms. The Morgan fingerprint density at radius 2 is 1.96 bits per heavy atom. The van der Waals surface area contributed by atoms with Gasteiger partial charge in [0.1, 0.15) is 0 Å². The molecular formula is C17H19N3O2S. The number of primary amides is 1. The van der Waals surface area contributed by atoms with Crippen LogP contribution >= 0.6 is 11.3 Å². The van der Waals surface area contributed by atoms with Gasteiger partial charge >= 0.3 is 0 Å². The molecule has 0 radical (unpaired) electrons. The summed E-state index contributed by atoms with van der Waals surface area (Å²) in [4.78, 5) is 26.9. The second-order valence-corrected chi connectivity index (χ2v) is 6.59. The van der Waals surface area contributed by atoms with Crippen molar-refractivity contribution in [3.8, 4) is 0 Å². The van der Waals surface area contributed by atoms with E-state index in [4.69, 9.17) is 5.73 Å². The predicted molar refractivity (Wildman–Crippen MR) is 93.4 cm³/mol. The lowest BCUT2D eigenvalue weighted by atomic mass is 10.1. The summed E-state index contributed by atoms with van der Waals surface area (Å²) in [6.07, 6.45) is 2.27. The van der Waals surface area contributed by atoms with Crippen LogP contribution in [0.25, 0.3) is 0 Å². The fourth-order valence-corrected chi connectivity index (χ4v) is 3.63. The van der Waals surface area contributed by atoms with Gasteiger partial charge < -0.3 is 16.0 Å². The van der Waals surface area contributed by atoms with Crippen LogP contribution in [0, 0.1) is 6.92 Å². The second kappa shape index (κ2) is 6.42. The summed E-state index contributed by atoms with van der Waals surface area (Å²) in [7, 11) is 0. The topological polar surface area (TPSA) is 75.4 Å².